The SMILES string of the molecule is CCOC(=O)CN1C2=C(C(=O)CCC2)C(c2ccc[nH]c2=O)C2=C1CCCC2=O. The van der Waals surface area contributed by atoms with Gasteiger partial charge in [-0.1, -0.05) is 6.07 Å². The third kappa shape index (κ3) is 3.34. The first-order chi connectivity index (χ1) is 14.0. The van der Waals surface area contributed by atoms with Crippen LogP contribution < -0.4 is 5.56 Å². The molecular weight excluding hydrogens is 372 g/mol. The third-order valence-electron chi connectivity index (χ3n) is 5.84. The molecule has 0 saturated heterocycles. The summed E-state index contributed by atoms with van der Waals surface area (Å²) in [7, 11) is 0. The molecule has 1 N–H and O–H groups in total. The Kier molecular flexibility index (Phi) is 5.22. The van der Waals surface area contributed by atoms with Gasteiger partial charge >= 0.3 is 5.97 Å². The van der Waals surface area contributed by atoms with Gasteiger partial charge < -0.3 is 14.6 Å². The van der Waals surface area contributed by atoms with Crippen LogP contribution >= 0.6 is 0 Å². The Morgan fingerprint density at radius 2 is 1.69 bits per heavy atom. The van der Waals surface area contributed by atoms with Crippen molar-refractivity contribution in [1.29, 1.82) is 0 Å². The Balaban J connectivity index is 1.93. The molecule has 3 aliphatic rings. The summed E-state index contributed by atoms with van der Waals surface area (Å²) in [6.45, 7) is 1.99. The van der Waals surface area contributed by atoms with Gasteiger partial charge in [-0.15, -0.1) is 0 Å². The van der Waals surface area contributed by atoms with Crippen LogP contribution in [0.15, 0.2) is 45.7 Å². The average molecular weight is 396 g/mol. The number of carbonyl (C=O) groups excluding carboxylic acids is 3. The van der Waals surface area contributed by atoms with Crippen molar-refractivity contribution in [2.24, 2.45) is 0 Å². The van der Waals surface area contributed by atoms with Gasteiger partial charge in [0, 0.05) is 53.1 Å². The Bertz CT molecular complexity index is 956. The third-order valence-corrected chi connectivity index (χ3v) is 5.84. The number of pyridine rings is 1. The van der Waals surface area contributed by atoms with Crippen molar-refractivity contribution in [1.82, 2.24) is 9.88 Å². The maximum atomic E-state index is 13.0. The average Bonchev–Trinajstić information content (AvgIpc) is 2.70. The molecule has 7 nitrogen and oxygen atoms in total. The van der Waals surface area contributed by atoms with E-state index < -0.39 is 11.9 Å². The molecule has 29 heavy (non-hydrogen) atoms. The molecule has 1 aromatic heterocycles. The van der Waals surface area contributed by atoms with E-state index in [1.165, 1.54) is 6.20 Å². The number of esters is 1. The number of aromatic amines is 1. The predicted octanol–water partition coefficient (Wildman–Crippen LogP) is 2.35. The molecule has 0 amide bonds. The fraction of sp³-hybridized carbons (Fsp3) is 0.455. The smallest absolute Gasteiger partial charge is 0.325 e. The summed E-state index contributed by atoms with van der Waals surface area (Å²) < 4.78 is 5.14. The van der Waals surface area contributed by atoms with Crippen molar-refractivity contribution in [2.45, 2.75) is 51.4 Å². The number of H-pyrrole nitrogens is 1. The number of nitrogens with zero attached hydrogens (tertiary/aromatic N) is 1. The zero-order valence-corrected chi connectivity index (χ0v) is 16.5. The van der Waals surface area contributed by atoms with Crippen molar-refractivity contribution in [3.63, 3.8) is 0 Å². The lowest BCUT2D eigenvalue weighted by Gasteiger charge is -2.43. The number of aromatic nitrogens is 1. The summed E-state index contributed by atoms with van der Waals surface area (Å²) in [5.41, 5.74) is 2.62. The fourth-order valence-corrected chi connectivity index (χ4v) is 4.72. The van der Waals surface area contributed by atoms with E-state index in [2.05, 4.69) is 4.98 Å². The van der Waals surface area contributed by atoms with Crippen LogP contribution in [0, 0.1) is 0 Å². The van der Waals surface area contributed by atoms with Crippen LogP contribution in [-0.2, 0) is 19.1 Å². The number of Topliss-reactive ketones (excluding diaryl/α,β-unsaturated/α-hetero) is 2. The molecule has 0 radical (unpaired) electrons. The van der Waals surface area contributed by atoms with E-state index in [1.54, 1.807) is 19.1 Å². The molecule has 0 spiro atoms. The van der Waals surface area contributed by atoms with Gasteiger partial charge in [0.25, 0.3) is 5.56 Å². The van der Waals surface area contributed by atoms with Gasteiger partial charge in [0.15, 0.2) is 11.6 Å². The van der Waals surface area contributed by atoms with Crippen LogP contribution in [0.5, 0.6) is 0 Å². The number of ketones is 2. The molecule has 2 heterocycles. The van der Waals surface area contributed by atoms with E-state index in [0.29, 0.717) is 55.2 Å². The molecule has 1 aromatic rings. The van der Waals surface area contributed by atoms with Crippen LogP contribution in [0.2, 0.25) is 0 Å². The van der Waals surface area contributed by atoms with Crippen molar-refractivity contribution >= 4 is 17.5 Å². The Morgan fingerprint density at radius 1 is 1.07 bits per heavy atom. The molecular formula is C22H24N2O5. The second kappa shape index (κ2) is 7.81. The van der Waals surface area contributed by atoms with Gasteiger partial charge in [0.05, 0.1) is 6.61 Å². The lowest BCUT2D eigenvalue weighted by molar-refractivity contribution is -0.143. The number of hydrogen-bond acceptors (Lipinski definition) is 6. The van der Waals surface area contributed by atoms with Gasteiger partial charge in [0.1, 0.15) is 6.54 Å². The molecule has 2 aliphatic carbocycles. The van der Waals surface area contributed by atoms with E-state index in [1.807, 2.05) is 4.90 Å². The number of carbonyl (C=O) groups is 3. The summed E-state index contributed by atoms with van der Waals surface area (Å²) >= 11 is 0. The zero-order valence-electron chi connectivity index (χ0n) is 16.5. The van der Waals surface area contributed by atoms with Crippen molar-refractivity contribution in [3.05, 3.63) is 56.8 Å². The number of rotatable bonds is 4. The highest BCUT2D eigenvalue weighted by Crippen LogP contribution is 2.48. The summed E-state index contributed by atoms with van der Waals surface area (Å²) in [6.07, 6.45) is 4.93. The van der Waals surface area contributed by atoms with E-state index in [0.717, 1.165) is 11.4 Å². The van der Waals surface area contributed by atoms with Crippen molar-refractivity contribution < 1.29 is 19.1 Å². The van der Waals surface area contributed by atoms with Crippen LogP contribution in [0.4, 0.5) is 0 Å². The Labute approximate surface area is 168 Å². The van der Waals surface area contributed by atoms with E-state index in [4.69, 9.17) is 4.74 Å². The second-order valence-electron chi connectivity index (χ2n) is 7.55. The highest BCUT2D eigenvalue weighted by atomic mass is 16.5. The maximum Gasteiger partial charge on any atom is 0.325 e. The molecule has 0 bridgehead atoms. The second-order valence-corrected chi connectivity index (χ2v) is 7.55. The summed E-state index contributed by atoms with van der Waals surface area (Å²) in [4.78, 5) is 55.4. The quantitative estimate of drug-likeness (QED) is 0.785. The van der Waals surface area contributed by atoms with E-state index >= 15 is 0 Å². The number of nitrogens with one attached hydrogen (secondary N) is 1. The first-order valence-electron chi connectivity index (χ1n) is 10.2. The predicted molar refractivity (Wildman–Crippen MR) is 105 cm³/mol. The van der Waals surface area contributed by atoms with Crippen LogP contribution in [0.1, 0.15) is 56.9 Å². The minimum atomic E-state index is -0.663. The van der Waals surface area contributed by atoms with Gasteiger partial charge in [-0.2, -0.15) is 0 Å². The normalized spacial score (nSPS) is 20.0. The molecule has 4 rings (SSSR count). The standard InChI is InChI=1S/C22H24N2O5/c1-2-29-18(27)12-24-14-7-3-9-16(25)20(14)19(13-6-5-11-23-22(13)28)21-15(24)8-4-10-17(21)26/h5-6,11,19H,2-4,7-10,12H2,1H3,(H,23,28). The first kappa shape index (κ1) is 19.4. The van der Waals surface area contributed by atoms with Gasteiger partial charge in [-0.3, -0.25) is 19.2 Å². The molecule has 0 atom stereocenters. The number of ether oxygens (including phenoxy) is 1. The molecule has 0 saturated carbocycles. The number of allylic oxidation sites excluding steroid dienone is 4. The fourth-order valence-electron chi connectivity index (χ4n) is 4.72. The molecule has 0 unspecified atom stereocenters. The molecule has 1 aliphatic heterocycles. The van der Waals surface area contributed by atoms with E-state index in [-0.39, 0.29) is 30.3 Å². The lowest BCUT2D eigenvalue weighted by atomic mass is 9.71. The lowest BCUT2D eigenvalue weighted by Crippen LogP contribution is -2.42. The topological polar surface area (TPSA) is 96.5 Å². The van der Waals surface area contributed by atoms with Gasteiger partial charge in [0.2, 0.25) is 0 Å². The maximum absolute atomic E-state index is 13.0. The molecule has 152 valence electrons. The Hall–Kier alpha value is -2.96. The first-order valence-corrected chi connectivity index (χ1v) is 10.2. The van der Waals surface area contributed by atoms with Crippen LogP contribution in [0.3, 0.4) is 0 Å². The monoisotopic (exact) mass is 396 g/mol. The summed E-state index contributed by atoms with van der Waals surface area (Å²) in [5.74, 6) is -1.17. The Morgan fingerprint density at radius 3 is 2.24 bits per heavy atom. The van der Waals surface area contributed by atoms with Crippen molar-refractivity contribution in [2.75, 3.05) is 13.2 Å². The molecule has 0 aromatic carbocycles. The molecule has 7 heteroatoms. The van der Waals surface area contributed by atoms with Crippen molar-refractivity contribution in [3.8, 4) is 0 Å². The van der Waals surface area contributed by atoms with E-state index in [9.17, 15) is 19.2 Å². The molecule has 0 fully saturated rings. The highest BCUT2D eigenvalue weighted by molar-refractivity contribution is 6.06. The summed E-state index contributed by atoms with van der Waals surface area (Å²) in [6, 6.07) is 3.40. The van der Waals surface area contributed by atoms with Crippen LogP contribution in [-0.4, -0.2) is 40.6 Å². The van der Waals surface area contributed by atoms with Crippen LogP contribution in [0.25, 0.3) is 0 Å². The summed E-state index contributed by atoms with van der Waals surface area (Å²) in [5, 5.41) is 0. The van der Waals surface area contributed by atoms with Gasteiger partial charge in [-0.05, 0) is 38.7 Å². The minimum Gasteiger partial charge on any atom is -0.465 e. The highest BCUT2D eigenvalue weighted by Gasteiger charge is 2.44. The zero-order chi connectivity index (χ0) is 20.5. The minimum absolute atomic E-state index is 0.0239. The van der Waals surface area contributed by atoms with Gasteiger partial charge in [-0.25, -0.2) is 0 Å². The largest absolute Gasteiger partial charge is 0.465 e. The number of hydrogen-bond donors (Lipinski definition) is 1.